The van der Waals surface area contributed by atoms with Crippen LogP contribution in [0, 0.1) is 12.7 Å². The van der Waals surface area contributed by atoms with Crippen LogP contribution in [0.25, 0.3) is 10.9 Å². The number of rotatable bonds is 5. The molecule has 4 heterocycles. The Labute approximate surface area is 212 Å². The summed E-state index contributed by atoms with van der Waals surface area (Å²) in [6.45, 7) is 7.06. The van der Waals surface area contributed by atoms with Gasteiger partial charge in [-0.1, -0.05) is 0 Å². The number of anilines is 3. The summed E-state index contributed by atoms with van der Waals surface area (Å²) in [6.07, 6.45) is 0. The fraction of sp³-hybridized carbons (Fsp3) is 0.400. The molecule has 11 nitrogen and oxygen atoms in total. The highest BCUT2D eigenvalue weighted by Gasteiger charge is 2.31. The van der Waals surface area contributed by atoms with Crippen LogP contribution >= 0.6 is 0 Å². The SMILES string of the molecule is CCN1C(=O)Nc2c(F)c(CN3CCN(c4ccc(C(=O)NC)nc4C)CC3)cc3c2c1nc(=O)n3C. The minimum Gasteiger partial charge on any atom is -0.368 e. The standard InChI is InChI=1S/C25H29FN8O3/c1-5-34-22-19-18(31(4)24(36)30-22)12-15(20(26)21(19)29-25(34)37)13-32-8-10-33(11-9-32)17-7-6-16(23(35)27-3)28-14(17)2/h6-7,12H,5,8-11,13H2,1-4H3,(H,27,35)(H,29,37). The molecule has 2 aliphatic heterocycles. The number of hydrogen-bond acceptors (Lipinski definition) is 7. The second-order valence-electron chi connectivity index (χ2n) is 9.21. The zero-order valence-corrected chi connectivity index (χ0v) is 21.3. The Hall–Kier alpha value is -4.06. The lowest BCUT2D eigenvalue weighted by Gasteiger charge is -2.37. The summed E-state index contributed by atoms with van der Waals surface area (Å²) >= 11 is 0. The largest absolute Gasteiger partial charge is 0.368 e. The second-order valence-corrected chi connectivity index (χ2v) is 9.21. The van der Waals surface area contributed by atoms with Crippen molar-refractivity contribution in [2.45, 2.75) is 20.4 Å². The summed E-state index contributed by atoms with van der Waals surface area (Å²) in [7, 11) is 3.17. The average molecular weight is 509 g/mol. The van der Waals surface area contributed by atoms with Crippen molar-refractivity contribution in [3.63, 3.8) is 0 Å². The molecule has 3 aromatic rings. The number of nitrogens with zero attached hydrogens (tertiary/aromatic N) is 6. The van der Waals surface area contributed by atoms with Gasteiger partial charge in [0.25, 0.3) is 5.91 Å². The molecule has 1 aromatic carbocycles. The quantitative estimate of drug-likeness (QED) is 0.540. The first-order valence-corrected chi connectivity index (χ1v) is 12.2. The number of benzene rings is 1. The first kappa shape index (κ1) is 24.6. The van der Waals surface area contributed by atoms with E-state index in [1.807, 2.05) is 13.0 Å². The van der Waals surface area contributed by atoms with Gasteiger partial charge in [0.1, 0.15) is 5.69 Å². The predicted molar refractivity (Wildman–Crippen MR) is 139 cm³/mol. The minimum absolute atomic E-state index is 0.0665. The molecule has 0 spiro atoms. The molecule has 2 aromatic heterocycles. The minimum atomic E-state index is -0.509. The van der Waals surface area contributed by atoms with Gasteiger partial charge in [0, 0.05) is 58.9 Å². The van der Waals surface area contributed by atoms with Crippen LogP contribution in [0.1, 0.15) is 28.7 Å². The van der Waals surface area contributed by atoms with Crippen LogP contribution < -0.4 is 26.1 Å². The first-order valence-electron chi connectivity index (χ1n) is 12.2. The summed E-state index contributed by atoms with van der Waals surface area (Å²) in [5.41, 5.74) is 2.61. The maximum absolute atomic E-state index is 15.7. The van der Waals surface area contributed by atoms with Crippen molar-refractivity contribution in [2.75, 3.05) is 54.9 Å². The number of hydrogen-bond donors (Lipinski definition) is 2. The fourth-order valence-electron chi connectivity index (χ4n) is 5.04. The normalized spacial score (nSPS) is 15.8. The molecule has 0 bridgehead atoms. The third kappa shape index (κ3) is 4.16. The average Bonchev–Trinajstić information content (AvgIpc) is 2.89. The number of carbonyl (C=O) groups excluding carboxylic acids is 2. The van der Waals surface area contributed by atoms with Crippen LogP contribution in [0.2, 0.25) is 0 Å². The van der Waals surface area contributed by atoms with Crippen LogP contribution in [-0.4, -0.2) is 71.1 Å². The van der Waals surface area contributed by atoms with Gasteiger partial charge in [-0.25, -0.2) is 19.0 Å². The summed E-state index contributed by atoms with van der Waals surface area (Å²) in [5, 5.41) is 5.67. The van der Waals surface area contributed by atoms with Gasteiger partial charge in [0.15, 0.2) is 11.6 Å². The second kappa shape index (κ2) is 9.43. The van der Waals surface area contributed by atoms with Gasteiger partial charge in [-0.2, -0.15) is 4.98 Å². The number of aromatic nitrogens is 3. The summed E-state index contributed by atoms with van der Waals surface area (Å²) in [5.74, 6) is -0.551. The van der Waals surface area contributed by atoms with Gasteiger partial charge in [-0.3, -0.25) is 19.2 Å². The molecular weight excluding hydrogens is 479 g/mol. The van der Waals surface area contributed by atoms with Gasteiger partial charge in [-0.05, 0) is 32.0 Å². The molecule has 0 atom stereocenters. The molecule has 0 unspecified atom stereocenters. The van der Waals surface area contributed by atoms with Gasteiger partial charge in [-0.15, -0.1) is 0 Å². The van der Waals surface area contributed by atoms with E-state index in [1.165, 1.54) is 9.47 Å². The third-order valence-corrected chi connectivity index (χ3v) is 7.07. The van der Waals surface area contributed by atoms with E-state index in [-0.39, 0.29) is 17.4 Å². The molecule has 2 aliphatic rings. The first-order chi connectivity index (χ1) is 17.7. The zero-order chi connectivity index (χ0) is 26.4. The molecular formula is C25H29FN8O3. The van der Waals surface area contributed by atoms with Gasteiger partial charge >= 0.3 is 11.7 Å². The van der Waals surface area contributed by atoms with Crippen LogP contribution in [0.3, 0.4) is 0 Å². The highest BCUT2D eigenvalue weighted by Crippen LogP contribution is 2.38. The fourth-order valence-corrected chi connectivity index (χ4v) is 5.04. The van der Waals surface area contributed by atoms with Crippen molar-refractivity contribution in [1.82, 2.24) is 24.8 Å². The maximum atomic E-state index is 15.7. The van der Waals surface area contributed by atoms with Gasteiger partial charge < -0.3 is 15.5 Å². The molecule has 5 rings (SSSR count). The molecule has 3 amide bonds. The Balaban J connectivity index is 1.39. The smallest absolute Gasteiger partial charge is 0.349 e. The highest BCUT2D eigenvalue weighted by atomic mass is 19.1. The van der Waals surface area contributed by atoms with Crippen molar-refractivity contribution in [1.29, 1.82) is 0 Å². The maximum Gasteiger partial charge on any atom is 0.349 e. The van der Waals surface area contributed by atoms with E-state index in [2.05, 4.69) is 30.4 Å². The van der Waals surface area contributed by atoms with Crippen LogP contribution in [0.15, 0.2) is 23.0 Å². The third-order valence-electron chi connectivity index (χ3n) is 7.07. The van der Waals surface area contributed by atoms with Crippen molar-refractivity contribution in [3.8, 4) is 0 Å². The molecule has 2 N–H and O–H groups in total. The number of nitrogens with one attached hydrogen (secondary N) is 2. The highest BCUT2D eigenvalue weighted by molar-refractivity contribution is 6.17. The Morgan fingerprint density at radius 1 is 1.16 bits per heavy atom. The zero-order valence-electron chi connectivity index (χ0n) is 21.3. The van der Waals surface area contributed by atoms with E-state index >= 15 is 4.39 Å². The number of amides is 3. The lowest BCUT2D eigenvalue weighted by atomic mass is 10.0. The van der Waals surface area contributed by atoms with E-state index in [1.54, 1.807) is 33.2 Å². The van der Waals surface area contributed by atoms with Crippen molar-refractivity contribution >= 4 is 40.0 Å². The molecule has 37 heavy (non-hydrogen) atoms. The van der Waals surface area contributed by atoms with Crippen molar-refractivity contribution < 1.29 is 14.0 Å². The van der Waals surface area contributed by atoms with Crippen molar-refractivity contribution in [3.05, 3.63) is 51.5 Å². The van der Waals surface area contributed by atoms with E-state index in [0.717, 1.165) is 11.4 Å². The molecule has 1 saturated heterocycles. The number of halogens is 1. The number of pyridine rings is 1. The van der Waals surface area contributed by atoms with E-state index in [4.69, 9.17) is 0 Å². The molecule has 1 fully saturated rings. The number of urea groups is 1. The van der Waals surface area contributed by atoms with Crippen LogP contribution in [-0.2, 0) is 13.6 Å². The Morgan fingerprint density at radius 3 is 2.54 bits per heavy atom. The number of piperazine rings is 1. The van der Waals surface area contributed by atoms with Crippen LogP contribution in [0.4, 0.5) is 26.4 Å². The van der Waals surface area contributed by atoms with E-state index in [9.17, 15) is 14.4 Å². The monoisotopic (exact) mass is 508 g/mol. The topological polar surface area (TPSA) is 116 Å². The Morgan fingerprint density at radius 2 is 1.89 bits per heavy atom. The van der Waals surface area contributed by atoms with Gasteiger partial charge in [0.2, 0.25) is 0 Å². The summed E-state index contributed by atoms with van der Waals surface area (Å²) in [6, 6.07) is 4.80. The number of carbonyl (C=O) groups is 2. The van der Waals surface area contributed by atoms with E-state index in [0.29, 0.717) is 61.4 Å². The molecule has 0 aliphatic carbocycles. The van der Waals surface area contributed by atoms with Crippen LogP contribution in [0.5, 0.6) is 0 Å². The number of aryl methyl sites for hydroxylation is 2. The molecule has 12 heteroatoms. The summed E-state index contributed by atoms with van der Waals surface area (Å²) < 4.78 is 17.1. The molecule has 0 radical (unpaired) electrons. The Kier molecular flexibility index (Phi) is 6.28. The van der Waals surface area contributed by atoms with Crippen molar-refractivity contribution in [2.24, 2.45) is 7.05 Å². The molecule has 194 valence electrons. The van der Waals surface area contributed by atoms with E-state index < -0.39 is 17.5 Å². The predicted octanol–water partition coefficient (Wildman–Crippen LogP) is 1.83. The summed E-state index contributed by atoms with van der Waals surface area (Å²) in [4.78, 5) is 51.2. The lowest BCUT2D eigenvalue weighted by Crippen LogP contribution is -2.46. The lowest BCUT2D eigenvalue weighted by molar-refractivity contribution is 0.0958. The molecule has 0 saturated carbocycles. The van der Waals surface area contributed by atoms with Gasteiger partial charge in [0.05, 0.1) is 28.0 Å². The Bertz CT molecular complexity index is 1480.